The summed E-state index contributed by atoms with van der Waals surface area (Å²) in [6, 6.07) is 0. The highest BCUT2D eigenvalue weighted by Gasteiger charge is 2.12. The second-order valence-electron chi connectivity index (χ2n) is 3.16. The zero-order chi connectivity index (χ0) is 8.20. The topological polar surface area (TPSA) is 26.0 Å². The molecule has 0 rings (SSSR count). The van der Waals surface area contributed by atoms with Gasteiger partial charge in [0.1, 0.15) is 0 Å². The SMILES string of the molecule is CC(C)(C)C(/C=C\I)=C/N. The second-order valence-corrected chi connectivity index (χ2v) is 3.88. The van der Waals surface area contributed by atoms with Crippen molar-refractivity contribution in [3.05, 3.63) is 21.9 Å². The summed E-state index contributed by atoms with van der Waals surface area (Å²) in [7, 11) is 0. The molecule has 2 N–H and O–H groups in total. The molecular weight excluding hydrogens is 237 g/mol. The number of nitrogens with two attached hydrogens (primary N) is 1. The molecule has 1 nitrogen and oxygen atoms in total. The molecule has 0 fully saturated rings. The molecule has 0 spiro atoms. The Labute approximate surface area is 76.5 Å². The van der Waals surface area contributed by atoms with Gasteiger partial charge in [-0.3, -0.25) is 0 Å². The third kappa shape index (κ3) is 3.25. The van der Waals surface area contributed by atoms with Crippen molar-refractivity contribution < 1.29 is 0 Å². The molecule has 0 unspecified atom stereocenters. The minimum absolute atomic E-state index is 0.163. The smallest absolute Gasteiger partial charge is 0.00242 e. The average Bonchev–Trinajstić information content (AvgIpc) is 1.80. The molecule has 0 aromatic rings. The summed E-state index contributed by atoms with van der Waals surface area (Å²) < 4.78 is 1.97. The number of allylic oxidation sites excluding steroid dienone is 2. The van der Waals surface area contributed by atoms with Crippen LogP contribution in [0.3, 0.4) is 0 Å². The van der Waals surface area contributed by atoms with Gasteiger partial charge in [0.25, 0.3) is 0 Å². The van der Waals surface area contributed by atoms with Crippen LogP contribution in [-0.2, 0) is 0 Å². The summed E-state index contributed by atoms with van der Waals surface area (Å²) in [5, 5.41) is 0. The van der Waals surface area contributed by atoms with Crippen LogP contribution in [-0.4, -0.2) is 0 Å². The molecule has 0 saturated heterocycles. The van der Waals surface area contributed by atoms with Crippen LogP contribution in [0.15, 0.2) is 21.9 Å². The Morgan fingerprint density at radius 2 is 1.90 bits per heavy atom. The molecule has 0 aromatic carbocycles. The lowest BCUT2D eigenvalue weighted by molar-refractivity contribution is 0.516. The fraction of sp³-hybridized carbons (Fsp3) is 0.500. The molecule has 0 aliphatic carbocycles. The van der Waals surface area contributed by atoms with Crippen molar-refractivity contribution in [2.24, 2.45) is 11.1 Å². The summed E-state index contributed by atoms with van der Waals surface area (Å²) in [5.41, 5.74) is 6.76. The van der Waals surface area contributed by atoms with E-state index in [2.05, 4.69) is 43.4 Å². The Balaban J connectivity index is 4.39. The summed E-state index contributed by atoms with van der Waals surface area (Å²) in [6.07, 6.45) is 3.69. The van der Waals surface area contributed by atoms with Crippen molar-refractivity contribution in [2.75, 3.05) is 0 Å². The lowest BCUT2D eigenvalue weighted by atomic mass is 9.87. The van der Waals surface area contributed by atoms with Crippen LogP contribution < -0.4 is 5.73 Å². The first-order valence-electron chi connectivity index (χ1n) is 3.21. The van der Waals surface area contributed by atoms with Gasteiger partial charge in [0.2, 0.25) is 0 Å². The van der Waals surface area contributed by atoms with Crippen LogP contribution in [0.25, 0.3) is 0 Å². The van der Waals surface area contributed by atoms with Crippen LogP contribution in [0.4, 0.5) is 0 Å². The van der Waals surface area contributed by atoms with E-state index in [1.165, 1.54) is 5.57 Å². The zero-order valence-electron chi connectivity index (χ0n) is 6.69. The quantitative estimate of drug-likeness (QED) is 0.562. The van der Waals surface area contributed by atoms with Crippen LogP contribution in [0, 0.1) is 5.41 Å². The minimum Gasteiger partial charge on any atom is -0.404 e. The van der Waals surface area contributed by atoms with Crippen molar-refractivity contribution in [2.45, 2.75) is 20.8 Å². The Morgan fingerprint density at radius 3 is 2.00 bits per heavy atom. The highest BCUT2D eigenvalue weighted by Crippen LogP contribution is 2.25. The molecular formula is C8H14IN. The maximum absolute atomic E-state index is 5.43. The number of rotatable bonds is 1. The molecule has 0 bridgehead atoms. The summed E-state index contributed by atoms with van der Waals surface area (Å²) in [5.74, 6) is 0. The third-order valence-electron chi connectivity index (χ3n) is 1.29. The van der Waals surface area contributed by atoms with E-state index >= 15 is 0 Å². The van der Waals surface area contributed by atoms with Crippen molar-refractivity contribution in [1.82, 2.24) is 0 Å². The first-order chi connectivity index (χ1) is 4.52. The zero-order valence-corrected chi connectivity index (χ0v) is 8.84. The Bertz CT molecular complexity index is 151. The molecule has 0 heterocycles. The molecule has 0 aromatic heterocycles. The summed E-state index contributed by atoms with van der Waals surface area (Å²) in [6.45, 7) is 6.42. The number of hydrogen-bond donors (Lipinski definition) is 1. The summed E-state index contributed by atoms with van der Waals surface area (Å²) >= 11 is 2.19. The normalized spacial score (nSPS) is 14.6. The maximum atomic E-state index is 5.43. The highest BCUT2D eigenvalue weighted by molar-refractivity contribution is 14.1. The average molecular weight is 251 g/mol. The van der Waals surface area contributed by atoms with Gasteiger partial charge >= 0.3 is 0 Å². The van der Waals surface area contributed by atoms with Crippen molar-refractivity contribution >= 4 is 22.6 Å². The number of halogens is 1. The van der Waals surface area contributed by atoms with E-state index in [4.69, 9.17) is 5.73 Å². The monoisotopic (exact) mass is 251 g/mol. The van der Waals surface area contributed by atoms with Gasteiger partial charge in [-0.25, -0.2) is 0 Å². The molecule has 10 heavy (non-hydrogen) atoms. The van der Waals surface area contributed by atoms with Crippen LogP contribution in [0.2, 0.25) is 0 Å². The van der Waals surface area contributed by atoms with E-state index in [9.17, 15) is 0 Å². The van der Waals surface area contributed by atoms with Gasteiger partial charge in [0.05, 0.1) is 0 Å². The van der Waals surface area contributed by atoms with Crippen LogP contribution >= 0.6 is 22.6 Å². The van der Waals surface area contributed by atoms with E-state index < -0.39 is 0 Å². The van der Waals surface area contributed by atoms with Crippen molar-refractivity contribution in [1.29, 1.82) is 0 Å². The van der Waals surface area contributed by atoms with Crippen molar-refractivity contribution in [3.63, 3.8) is 0 Å². The van der Waals surface area contributed by atoms with Gasteiger partial charge < -0.3 is 5.73 Å². The summed E-state index contributed by atoms with van der Waals surface area (Å²) in [4.78, 5) is 0. The lowest BCUT2D eigenvalue weighted by Crippen LogP contribution is -2.08. The van der Waals surface area contributed by atoms with Crippen LogP contribution in [0.1, 0.15) is 20.8 Å². The Morgan fingerprint density at radius 1 is 1.40 bits per heavy atom. The van der Waals surface area contributed by atoms with Gasteiger partial charge in [-0.05, 0) is 21.3 Å². The largest absolute Gasteiger partial charge is 0.404 e. The molecule has 0 radical (unpaired) electrons. The van der Waals surface area contributed by atoms with E-state index in [0.717, 1.165) is 0 Å². The Hall–Kier alpha value is 0.01000. The maximum Gasteiger partial charge on any atom is -0.00242 e. The fourth-order valence-corrected chi connectivity index (χ4v) is 1.01. The molecule has 0 amide bonds. The van der Waals surface area contributed by atoms with Gasteiger partial charge in [-0.15, -0.1) is 0 Å². The van der Waals surface area contributed by atoms with Gasteiger partial charge in [0, 0.05) is 0 Å². The molecule has 0 saturated carbocycles. The molecule has 0 aliphatic rings. The first-order valence-corrected chi connectivity index (χ1v) is 4.46. The third-order valence-corrected chi connectivity index (χ3v) is 1.65. The highest BCUT2D eigenvalue weighted by atomic mass is 127. The van der Waals surface area contributed by atoms with E-state index in [1.807, 2.05) is 10.2 Å². The van der Waals surface area contributed by atoms with E-state index in [0.29, 0.717) is 0 Å². The van der Waals surface area contributed by atoms with Gasteiger partial charge in [0.15, 0.2) is 0 Å². The molecule has 0 aliphatic heterocycles. The van der Waals surface area contributed by atoms with E-state index in [1.54, 1.807) is 6.20 Å². The predicted molar refractivity (Wildman–Crippen MR) is 54.9 cm³/mol. The van der Waals surface area contributed by atoms with Crippen molar-refractivity contribution in [3.8, 4) is 0 Å². The first kappa shape index (κ1) is 10.0. The fourth-order valence-electron chi connectivity index (χ4n) is 0.623. The van der Waals surface area contributed by atoms with E-state index in [-0.39, 0.29) is 5.41 Å². The van der Waals surface area contributed by atoms with Crippen LogP contribution in [0.5, 0.6) is 0 Å². The molecule has 2 heteroatoms. The minimum atomic E-state index is 0.163. The predicted octanol–water partition coefficient (Wildman–Crippen LogP) is 2.82. The molecule has 0 atom stereocenters. The van der Waals surface area contributed by atoms with Gasteiger partial charge in [-0.1, -0.05) is 49.4 Å². The Kier molecular flexibility index (Phi) is 4.01. The van der Waals surface area contributed by atoms with Gasteiger partial charge in [-0.2, -0.15) is 0 Å². The number of hydrogen-bond acceptors (Lipinski definition) is 1. The standard InChI is InChI=1S/C8H14IN/c1-8(2,3)7(6-10)4-5-9/h4-6H,10H2,1-3H3/b5-4-,7-6+. The molecule has 58 valence electrons. The lowest BCUT2D eigenvalue weighted by Gasteiger charge is -2.18. The second kappa shape index (κ2) is 4.01.